The van der Waals surface area contributed by atoms with E-state index in [0.717, 1.165) is 30.8 Å². The van der Waals surface area contributed by atoms with Gasteiger partial charge in [0.05, 0.1) is 0 Å². The number of carbonyl (C=O) groups is 1. The third-order valence-electron chi connectivity index (χ3n) is 3.56. The highest BCUT2D eigenvalue weighted by Gasteiger charge is 2.25. The first-order chi connectivity index (χ1) is 9.06. The van der Waals surface area contributed by atoms with Crippen molar-refractivity contribution >= 4 is 17.7 Å². The first-order valence-corrected chi connectivity index (χ1v) is 6.55. The minimum atomic E-state index is 0.0844. The molecule has 1 aliphatic rings. The van der Waals surface area contributed by atoms with Crippen LogP contribution in [0.4, 0.5) is 5.69 Å². The Labute approximate surface area is 114 Å². The summed E-state index contributed by atoms with van der Waals surface area (Å²) in [5.41, 5.74) is 7.35. The maximum atomic E-state index is 12.0. The third kappa shape index (κ3) is 3.58. The normalized spacial score (nSPS) is 19.5. The molecule has 1 heterocycles. The average molecular weight is 259 g/mol. The van der Waals surface area contributed by atoms with E-state index in [0.29, 0.717) is 6.04 Å². The second-order valence-corrected chi connectivity index (χ2v) is 5.19. The lowest BCUT2D eigenvalue weighted by Crippen LogP contribution is -2.33. The summed E-state index contributed by atoms with van der Waals surface area (Å²) in [7, 11) is 4.12. The second-order valence-electron chi connectivity index (χ2n) is 5.19. The number of likely N-dealkylation sites (N-methyl/N-ethyl adjacent to an activating group) is 1. The Morgan fingerprint density at radius 1 is 1.37 bits per heavy atom. The monoisotopic (exact) mass is 259 g/mol. The summed E-state index contributed by atoms with van der Waals surface area (Å²) in [5, 5.41) is 0. The lowest BCUT2D eigenvalue weighted by Gasteiger charge is -2.19. The van der Waals surface area contributed by atoms with Gasteiger partial charge in [0.1, 0.15) is 0 Å². The first-order valence-electron chi connectivity index (χ1n) is 6.55. The van der Waals surface area contributed by atoms with Crippen molar-refractivity contribution in [2.75, 3.05) is 32.9 Å². The van der Waals surface area contributed by atoms with Crippen LogP contribution in [0.15, 0.2) is 30.3 Å². The van der Waals surface area contributed by atoms with Crippen molar-refractivity contribution in [1.29, 1.82) is 0 Å². The highest BCUT2D eigenvalue weighted by atomic mass is 16.2. The van der Waals surface area contributed by atoms with Crippen molar-refractivity contribution in [3.8, 4) is 0 Å². The molecule has 1 aromatic rings. The Morgan fingerprint density at radius 2 is 2.05 bits per heavy atom. The SMILES string of the molecule is CN(C)C1CCN(C(=O)/C=C/c2ccc(N)cc2)C1. The van der Waals surface area contributed by atoms with Gasteiger partial charge in [-0.2, -0.15) is 0 Å². The van der Waals surface area contributed by atoms with Crippen LogP contribution >= 0.6 is 0 Å². The predicted octanol–water partition coefficient (Wildman–Crippen LogP) is 1.44. The molecule has 4 heteroatoms. The lowest BCUT2D eigenvalue weighted by molar-refractivity contribution is -0.125. The zero-order valence-corrected chi connectivity index (χ0v) is 11.5. The van der Waals surface area contributed by atoms with Gasteiger partial charge >= 0.3 is 0 Å². The van der Waals surface area contributed by atoms with Gasteiger partial charge < -0.3 is 15.5 Å². The highest BCUT2D eigenvalue weighted by Crippen LogP contribution is 2.14. The molecule has 2 N–H and O–H groups in total. The van der Waals surface area contributed by atoms with Crippen LogP contribution in [0.25, 0.3) is 6.08 Å². The van der Waals surface area contributed by atoms with Gasteiger partial charge in [0, 0.05) is 30.9 Å². The molecule has 19 heavy (non-hydrogen) atoms. The van der Waals surface area contributed by atoms with Crippen LogP contribution in [0.3, 0.4) is 0 Å². The number of hydrogen-bond donors (Lipinski definition) is 1. The molecule has 1 aliphatic heterocycles. The number of benzene rings is 1. The zero-order valence-electron chi connectivity index (χ0n) is 11.5. The van der Waals surface area contributed by atoms with Crippen LogP contribution in [0, 0.1) is 0 Å². The van der Waals surface area contributed by atoms with E-state index in [1.54, 1.807) is 6.08 Å². The number of nitrogen functional groups attached to an aromatic ring is 1. The third-order valence-corrected chi connectivity index (χ3v) is 3.56. The summed E-state index contributed by atoms with van der Waals surface area (Å²) in [6.07, 6.45) is 4.53. The maximum absolute atomic E-state index is 12.0. The maximum Gasteiger partial charge on any atom is 0.246 e. The van der Waals surface area contributed by atoms with Crippen LogP contribution in [-0.4, -0.2) is 48.9 Å². The van der Waals surface area contributed by atoms with Gasteiger partial charge in [-0.25, -0.2) is 0 Å². The Balaban J connectivity index is 1.93. The molecule has 0 aromatic heterocycles. The highest BCUT2D eigenvalue weighted by molar-refractivity contribution is 5.92. The molecule has 0 bridgehead atoms. The van der Waals surface area contributed by atoms with Crippen molar-refractivity contribution in [2.24, 2.45) is 0 Å². The fourth-order valence-corrected chi connectivity index (χ4v) is 2.24. The Hall–Kier alpha value is -1.81. The van der Waals surface area contributed by atoms with Crippen LogP contribution in [0.2, 0.25) is 0 Å². The lowest BCUT2D eigenvalue weighted by atomic mass is 10.2. The molecule has 0 saturated carbocycles. The fourth-order valence-electron chi connectivity index (χ4n) is 2.24. The molecule has 1 atom stereocenters. The largest absolute Gasteiger partial charge is 0.399 e. The van der Waals surface area contributed by atoms with E-state index in [2.05, 4.69) is 19.0 Å². The first kappa shape index (κ1) is 13.6. The standard InChI is InChI=1S/C15H21N3O/c1-17(2)14-9-10-18(11-14)15(19)8-5-12-3-6-13(16)7-4-12/h3-8,14H,9-11,16H2,1-2H3/b8-5+. The van der Waals surface area contributed by atoms with Gasteiger partial charge in [0.2, 0.25) is 5.91 Å². The average Bonchev–Trinajstić information content (AvgIpc) is 2.87. The van der Waals surface area contributed by atoms with Gasteiger partial charge in [0.15, 0.2) is 0 Å². The van der Waals surface area contributed by atoms with Crippen molar-refractivity contribution < 1.29 is 4.79 Å². The molecule has 0 spiro atoms. The van der Waals surface area contributed by atoms with E-state index < -0.39 is 0 Å². The number of anilines is 1. The molecule has 0 radical (unpaired) electrons. The fraction of sp³-hybridized carbons (Fsp3) is 0.400. The van der Waals surface area contributed by atoms with Crippen molar-refractivity contribution in [3.05, 3.63) is 35.9 Å². The second kappa shape index (κ2) is 5.89. The number of amides is 1. The minimum absolute atomic E-state index is 0.0844. The number of nitrogens with two attached hydrogens (primary N) is 1. The number of likely N-dealkylation sites (tertiary alicyclic amines) is 1. The summed E-state index contributed by atoms with van der Waals surface area (Å²) < 4.78 is 0. The summed E-state index contributed by atoms with van der Waals surface area (Å²) in [6.45, 7) is 1.66. The molecule has 1 saturated heterocycles. The minimum Gasteiger partial charge on any atom is -0.399 e. The zero-order chi connectivity index (χ0) is 13.8. The van der Waals surface area contributed by atoms with Crippen molar-refractivity contribution in [3.63, 3.8) is 0 Å². The number of rotatable bonds is 3. The van der Waals surface area contributed by atoms with E-state index in [-0.39, 0.29) is 5.91 Å². The smallest absolute Gasteiger partial charge is 0.246 e. The summed E-state index contributed by atoms with van der Waals surface area (Å²) >= 11 is 0. The van der Waals surface area contributed by atoms with Crippen LogP contribution in [0.1, 0.15) is 12.0 Å². The molecule has 1 unspecified atom stereocenters. The van der Waals surface area contributed by atoms with Crippen LogP contribution in [0.5, 0.6) is 0 Å². The predicted molar refractivity (Wildman–Crippen MR) is 78.6 cm³/mol. The van der Waals surface area contributed by atoms with Gasteiger partial charge in [-0.3, -0.25) is 4.79 Å². The molecule has 4 nitrogen and oxygen atoms in total. The number of nitrogens with zero attached hydrogens (tertiary/aromatic N) is 2. The van der Waals surface area contributed by atoms with E-state index in [4.69, 9.17) is 5.73 Å². The van der Waals surface area contributed by atoms with Crippen molar-refractivity contribution in [2.45, 2.75) is 12.5 Å². The Bertz CT molecular complexity index is 465. The van der Waals surface area contributed by atoms with Gasteiger partial charge in [-0.05, 0) is 44.3 Å². The van der Waals surface area contributed by atoms with Gasteiger partial charge in [0.25, 0.3) is 0 Å². The molecular formula is C15H21N3O. The molecule has 102 valence electrons. The molecule has 1 fully saturated rings. The molecule has 1 aromatic carbocycles. The van der Waals surface area contributed by atoms with Crippen LogP contribution in [-0.2, 0) is 4.79 Å². The van der Waals surface area contributed by atoms with E-state index in [1.807, 2.05) is 35.2 Å². The Kier molecular flexibility index (Phi) is 4.22. The van der Waals surface area contributed by atoms with E-state index in [1.165, 1.54) is 0 Å². The summed E-state index contributed by atoms with van der Waals surface area (Å²) in [4.78, 5) is 16.1. The topological polar surface area (TPSA) is 49.6 Å². The van der Waals surface area contributed by atoms with Gasteiger partial charge in [-0.15, -0.1) is 0 Å². The summed E-state index contributed by atoms with van der Waals surface area (Å²) in [5.74, 6) is 0.0844. The number of hydrogen-bond acceptors (Lipinski definition) is 3. The van der Waals surface area contributed by atoms with E-state index in [9.17, 15) is 4.79 Å². The molecule has 2 rings (SSSR count). The summed E-state index contributed by atoms with van der Waals surface area (Å²) in [6, 6.07) is 7.97. The van der Waals surface area contributed by atoms with E-state index >= 15 is 0 Å². The van der Waals surface area contributed by atoms with Gasteiger partial charge in [-0.1, -0.05) is 12.1 Å². The van der Waals surface area contributed by atoms with Crippen LogP contribution < -0.4 is 5.73 Å². The number of carbonyl (C=O) groups excluding carboxylic acids is 1. The van der Waals surface area contributed by atoms with Crippen molar-refractivity contribution in [1.82, 2.24) is 9.80 Å². The molecular weight excluding hydrogens is 238 g/mol. The molecule has 1 amide bonds. The quantitative estimate of drug-likeness (QED) is 0.660. The molecule has 0 aliphatic carbocycles. The Morgan fingerprint density at radius 3 is 2.63 bits per heavy atom.